The van der Waals surface area contributed by atoms with E-state index < -0.39 is 5.97 Å². The van der Waals surface area contributed by atoms with Crippen molar-refractivity contribution in [2.45, 2.75) is 38.1 Å². The topological polar surface area (TPSA) is 56.3 Å². The quantitative estimate of drug-likeness (QED) is 0.313. The van der Waals surface area contributed by atoms with Crippen molar-refractivity contribution in [3.8, 4) is 0 Å². The average Bonchev–Trinajstić information content (AvgIpc) is 2.70. The van der Waals surface area contributed by atoms with Crippen LogP contribution < -0.4 is 0 Å². The van der Waals surface area contributed by atoms with E-state index in [-0.39, 0.29) is 23.6 Å². The van der Waals surface area contributed by atoms with Crippen LogP contribution in [-0.2, 0) is 14.9 Å². The monoisotopic (exact) mass is 407 g/mol. The molecule has 0 aliphatic rings. The number of aryl methyl sites for hydroxylation is 1. The number of nitrogens with zero attached hydrogens (tertiary/aromatic N) is 1. The Kier molecular flexibility index (Phi) is 6.38. The smallest absolute Gasteiger partial charge is 0.316 e. The number of para-hydroxylation sites is 1. The van der Waals surface area contributed by atoms with Crippen LogP contribution >= 0.6 is 11.8 Å². The predicted molar refractivity (Wildman–Crippen MR) is 118 cm³/mol. The Labute approximate surface area is 175 Å². The fraction of sp³-hybridized carbons (Fsp3) is 0.292. The van der Waals surface area contributed by atoms with Crippen molar-refractivity contribution in [1.29, 1.82) is 0 Å². The van der Waals surface area contributed by atoms with Crippen LogP contribution in [-0.4, -0.2) is 29.1 Å². The number of carbonyl (C=O) groups is 2. The van der Waals surface area contributed by atoms with E-state index >= 15 is 0 Å². The molecule has 29 heavy (non-hydrogen) atoms. The number of hydrogen-bond acceptors (Lipinski definition) is 5. The second kappa shape index (κ2) is 8.78. The number of Topliss-reactive ketones (excluding diaryl/α,β-unsaturated/α-hetero) is 1. The van der Waals surface area contributed by atoms with Gasteiger partial charge in [-0.05, 0) is 35.6 Å². The number of ether oxygens (including phenoxy) is 1. The molecule has 0 bridgehead atoms. The molecule has 0 radical (unpaired) electrons. The Morgan fingerprint density at radius 2 is 1.72 bits per heavy atom. The second-order valence-electron chi connectivity index (χ2n) is 7.99. The van der Waals surface area contributed by atoms with Crippen LogP contribution in [0.3, 0.4) is 0 Å². The molecule has 0 atom stereocenters. The summed E-state index contributed by atoms with van der Waals surface area (Å²) in [5.41, 5.74) is 3.74. The number of ketones is 1. The molecule has 5 heteroatoms. The molecule has 0 amide bonds. The SMILES string of the molecule is Cc1cc(SCC(=O)OCC(=O)c2ccc(C(C)(C)C)cc2)nc2ccccc12. The molecular formula is C24H25NO3S. The lowest BCUT2D eigenvalue weighted by molar-refractivity contribution is -0.139. The predicted octanol–water partition coefficient (Wildman–Crippen LogP) is 5.36. The van der Waals surface area contributed by atoms with Crippen molar-refractivity contribution in [1.82, 2.24) is 4.98 Å². The van der Waals surface area contributed by atoms with E-state index in [1.165, 1.54) is 11.8 Å². The Morgan fingerprint density at radius 1 is 1.03 bits per heavy atom. The highest BCUT2D eigenvalue weighted by molar-refractivity contribution is 7.99. The number of rotatable bonds is 6. The molecule has 0 spiro atoms. The van der Waals surface area contributed by atoms with E-state index in [1.807, 2.05) is 49.4 Å². The summed E-state index contributed by atoms with van der Waals surface area (Å²) in [7, 11) is 0. The Hall–Kier alpha value is -2.66. The molecule has 0 saturated carbocycles. The first-order chi connectivity index (χ1) is 13.7. The first-order valence-corrected chi connectivity index (χ1v) is 10.5. The minimum absolute atomic E-state index is 0.0282. The fourth-order valence-electron chi connectivity index (χ4n) is 2.95. The molecule has 1 heterocycles. The zero-order valence-corrected chi connectivity index (χ0v) is 18.0. The molecule has 0 aliphatic carbocycles. The molecule has 3 rings (SSSR count). The lowest BCUT2D eigenvalue weighted by Crippen LogP contribution is -2.16. The minimum atomic E-state index is -0.428. The van der Waals surface area contributed by atoms with Gasteiger partial charge in [-0.15, -0.1) is 0 Å². The van der Waals surface area contributed by atoms with Crippen molar-refractivity contribution in [2.24, 2.45) is 0 Å². The molecule has 2 aromatic carbocycles. The number of hydrogen-bond donors (Lipinski definition) is 0. The van der Waals surface area contributed by atoms with Crippen LogP contribution in [0.2, 0.25) is 0 Å². The zero-order valence-electron chi connectivity index (χ0n) is 17.2. The summed E-state index contributed by atoms with van der Waals surface area (Å²) < 4.78 is 5.16. The molecule has 3 aromatic rings. The van der Waals surface area contributed by atoms with E-state index in [0.717, 1.165) is 27.1 Å². The van der Waals surface area contributed by atoms with Gasteiger partial charge in [0.15, 0.2) is 12.4 Å². The van der Waals surface area contributed by atoms with E-state index in [2.05, 4.69) is 25.8 Å². The Morgan fingerprint density at radius 3 is 2.41 bits per heavy atom. The normalized spacial score (nSPS) is 11.4. The van der Waals surface area contributed by atoms with Gasteiger partial charge < -0.3 is 4.74 Å². The number of esters is 1. The van der Waals surface area contributed by atoms with Crippen LogP contribution in [0.25, 0.3) is 10.9 Å². The summed E-state index contributed by atoms with van der Waals surface area (Å²) in [6, 6.07) is 17.3. The molecule has 0 fully saturated rings. The van der Waals surface area contributed by atoms with Gasteiger partial charge in [-0.25, -0.2) is 4.98 Å². The van der Waals surface area contributed by atoms with E-state index in [9.17, 15) is 9.59 Å². The number of fused-ring (bicyclic) bond motifs is 1. The van der Waals surface area contributed by atoms with Gasteiger partial charge in [0.05, 0.1) is 16.3 Å². The third kappa shape index (κ3) is 5.45. The maximum atomic E-state index is 12.3. The number of thioether (sulfide) groups is 1. The summed E-state index contributed by atoms with van der Waals surface area (Å²) in [5, 5.41) is 1.87. The van der Waals surface area contributed by atoms with Gasteiger partial charge in [0.25, 0.3) is 0 Å². The van der Waals surface area contributed by atoms with Crippen LogP contribution in [0.1, 0.15) is 42.3 Å². The van der Waals surface area contributed by atoms with Crippen molar-refractivity contribution >= 4 is 34.4 Å². The number of benzene rings is 2. The third-order valence-corrected chi connectivity index (χ3v) is 5.56. The highest BCUT2D eigenvalue weighted by Crippen LogP contribution is 2.24. The number of aromatic nitrogens is 1. The van der Waals surface area contributed by atoms with Crippen molar-refractivity contribution in [2.75, 3.05) is 12.4 Å². The van der Waals surface area contributed by atoms with Gasteiger partial charge in [0.1, 0.15) is 0 Å². The van der Waals surface area contributed by atoms with Gasteiger partial charge in [-0.3, -0.25) is 9.59 Å². The molecular weight excluding hydrogens is 382 g/mol. The van der Waals surface area contributed by atoms with Crippen LogP contribution in [0.5, 0.6) is 0 Å². The highest BCUT2D eigenvalue weighted by Gasteiger charge is 2.15. The van der Waals surface area contributed by atoms with E-state index in [0.29, 0.717) is 5.56 Å². The van der Waals surface area contributed by atoms with Crippen LogP contribution in [0.4, 0.5) is 0 Å². The average molecular weight is 408 g/mol. The van der Waals surface area contributed by atoms with Gasteiger partial charge in [0.2, 0.25) is 0 Å². The van der Waals surface area contributed by atoms with E-state index in [1.54, 1.807) is 12.1 Å². The van der Waals surface area contributed by atoms with Gasteiger partial charge >= 0.3 is 5.97 Å². The van der Waals surface area contributed by atoms with Crippen LogP contribution in [0.15, 0.2) is 59.6 Å². The summed E-state index contributed by atoms with van der Waals surface area (Å²) >= 11 is 1.31. The molecule has 150 valence electrons. The largest absolute Gasteiger partial charge is 0.457 e. The molecule has 4 nitrogen and oxygen atoms in total. The maximum Gasteiger partial charge on any atom is 0.316 e. The fourth-order valence-corrected chi connectivity index (χ4v) is 3.72. The Balaban J connectivity index is 1.53. The highest BCUT2D eigenvalue weighted by atomic mass is 32.2. The molecule has 0 saturated heterocycles. The maximum absolute atomic E-state index is 12.3. The van der Waals surface area contributed by atoms with Crippen molar-refractivity contribution in [3.63, 3.8) is 0 Å². The standard InChI is InChI=1S/C24H25NO3S/c1-16-13-22(25-20-8-6-5-7-19(16)20)29-15-23(27)28-14-21(26)17-9-11-18(12-10-17)24(2,3)4/h5-13H,14-15H2,1-4H3. The van der Waals surface area contributed by atoms with Gasteiger partial charge in [-0.2, -0.15) is 0 Å². The Bertz CT molecular complexity index is 1040. The first kappa shape index (κ1) is 21.1. The molecule has 0 aliphatic heterocycles. The van der Waals surface area contributed by atoms with Crippen molar-refractivity contribution in [3.05, 3.63) is 71.3 Å². The third-order valence-electron chi connectivity index (χ3n) is 4.67. The van der Waals surface area contributed by atoms with Crippen LogP contribution in [0, 0.1) is 6.92 Å². The van der Waals surface area contributed by atoms with Crippen molar-refractivity contribution < 1.29 is 14.3 Å². The molecule has 0 N–H and O–H groups in total. The summed E-state index contributed by atoms with van der Waals surface area (Å²) in [5.74, 6) is -0.521. The lowest BCUT2D eigenvalue weighted by Gasteiger charge is -2.18. The number of carbonyl (C=O) groups excluding carboxylic acids is 2. The van der Waals surface area contributed by atoms with Gasteiger partial charge in [-0.1, -0.05) is 75.0 Å². The minimum Gasteiger partial charge on any atom is -0.457 e. The molecule has 0 unspecified atom stereocenters. The number of pyridine rings is 1. The summed E-state index contributed by atoms with van der Waals surface area (Å²) in [6.07, 6.45) is 0. The molecule has 1 aromatic heterocycles. The first-order valence-electron chi connectivity index (χ1n) is 9.52. The lowest BCUT2D eigenvalue weighted by atomic mass is 9.86. The second-order valence-corrected chi connectivity index (χ2v) is 8.99. The van der Waals surface area contributed by atoms with E-state index in [4.69, 9.17) is 4.74 Å². The zero-order chi connectivity index (χ0) is 21.0. The van der Waals surface area contributed by atoms with Gasteiger partial charge in [0, 0.05) is 10.9 Å². The summed E-state index contributed by atoms with van der Waals surface area (Å²) in [4.78, 5) is 28.9. The summed E-state index contributed by atoms with van der Waals surface area (Å²) in [6.45, 7) is 8.13.